The number of alkyl halides is 3. The minimum atomic E-state index is -4.69. The van der Waals surface area contributed by atoms with E-state index in [1.54, 1.807) is 30.3 Å². The molecule has 0 amide bonds. The van der Waals surface area contributed by atoms with Crippen molar-refractivity contribution < 1.29 is 22.6 Å². The molecule has 27 heavy (non-hydrogen) atoms. The lowest BCUT2D eigenvalue weighted by molar-refractivity contribution is -0.274. The third kappa shape index (κ3) is 4.61. The zero-order chi connectivity index (χ0) is 19.7. The molecule has 3 atom stereocenters. The normalized spacial score (nSPS) is 25.3. The van der Waals surface area contributed by atoms with Crippen LogP contribution in [0.3, 0.4) is 0 Å². The zero-order valence-corrected chi connectivity index (χ0v) is 15.6. The first-order chi connectivity index (χ1) is 12.7. The van der Waals surface area contributed by atoms with Crippen molar-refractivity contribution in [2.45, 2.75) is 51.6 Å². The minimum absolute atomic E-state index is 0.00413. The van der Waals surface area contributed by atoms with Gasteiger partial charge in [0.1, 0.15) is 18.4 Å². The Labute approximate surface area is 156 Å². The maximum absolute atomic E-state index is 12.4. The number of nitrogens with zero attached hydrogens (tertiary/aromatic N) is 3. The van der Waals surface area contributed by atoms with Crippen LogP contribution in [-0.4, -0.2) is 34.3 Å². The second-order valence-corrected chi connectivity index (χ2v) is 7.69. The van der Waals surface area contributed by atoms with Crippen LogP contribution < -0.4 is 4.74 Å². The van der Waals surface area contributed by atoms with Gasteiger partial charge in [0.25, 0.3) is 0 Å². The maximum Gasteiger partial charge on any atom is 0.573 e. The number of hydrogen-bond donors (Lipinski definition) is 0. The lowest BCUT2D eigenvalue weighted by Crippen LogP contribution is -2.46. The largest absolute Gasteiger partial charge is 0.573 e. The van der Waals surface area contributed by atoms with Crippen molar-refractivity contribution in [3.05, 3.63) is 42.5 Å². The predicted octanol–water partition coefficient (Wildman–Crippen LogP) is 4.41. The van der Waals surface area contributed by atoms with Gasteiger partial charge in [0.2, 0.25) is 0 Å². The molecule has 1 aliphatic carbocycles. The van der Waals surface area contributed by atoms with Gasteiger partial charge in [-0.05, 0) is 41.9 Å². The highest BCUT2D eigenvalue weighted by Gasteiger charge is 2.45. The van der Waals surface area contributed by atoms with Crippen LogP contribution >= 0.6 is 0 Å². The van der Waals surface area contributed by atoms with Gasteiger partial charge in [0.15, 0.2) is 0 Å². The van der Waals surface area contributed by atoms with E-state index in [2.05, 4.69) is 28.7 Å². The molecule has 0 spiro atoms. The first-order valence-corrected chi connectivity index (χ1v) is 8.90. The summed E-state index contributed by atoms with van der Waals surface area (Å²) in [6.45, 7) is 5.01. The van der Waals surface area contributed by atoms with Gasteiger partial charge in [0.05, 0.1) is 6.10 Å². The van der Waals surface area contributed by atoms with E-state index in [4.69, 9.17) is 4.74 Å². The summed E-state index contributed by atoms with van der Waals surface area (Å²) in [6, 6.07) is 6.17. The topological polar surface area (TPSA) is 49.2 Å². The average molecular weight is 383 g/mol. The minimum Gasteiger partial charge on any atom is -0.406 e. The zero-order valence-electron chi connectivity index (χ0n) is 15.6. The monoisotopic (exact) mass is 383 g/mol. The Balaban J connectivity index is 1.87. The summed E-state index contributed by atoms with van der Waals surface area (Å²) in [5, 5.41) is 4.21. The second-order valence-electron chi connectivity index (χ2n) is 7.69. The van der Waals surface area contributed by atoms with Crippen LogP contribution in [0.5, 0.6) is 5.75 Å². The lowest BCUT2D eigenvalue weighted by atomic mass is 9.63. The average Bonchev–Trinajstić information content (AvgIpc) is 3.07. The smallest absolute Gasteiger partial charge is 0.406 e. The number of hydrogen-bond acceptors (Lipinski definition) is 4. The molecule has 0 saturated heterocycles. The molecule has 0 unspecified atom stereocenters. The Bertz CT molecular complexity index is 730. The Morgan fingerprint density at radius 1 is 1.22 bits per heavy atom. The van der Waals surface area contributed by atoms with E-state index >= 15 is 0 Å². The van der Waals surface area contributed by atoms with Crippen molar-refractivity contribution in [3.8, 4) is 5.75 Å². The van der Waals surface area contributed by atoms with E-state index in [1.807, 2.05) is 0 Å². The van der Waals surface area contributed by atoms with Crippen molar-refractivity contribution in [1.82, 2.24) is 14.8 Å². The summed E-state index contributed by atoms with van der Waals surface area (Å²) in [6.07, 6.45) is 0.357. The van der Waals surface area contributed by atoms with Crippen LogP contribution in [0.25, 0.3) is 0 Å². The fourth-order valence-corrected chi connectivity index (χ4v) is 4.26. The molecule has 0 bridgehead atoms. The summed E-state index contributed by atoms with van der Waals surface area (Å²) in [4.78, 5) is 4.01. The third-order valence-electron chi connectivity index (χ3n) is 5.44. The number of ether oxygens (including phenoxy) is 2. The highest BCUT2D eigenvalue weighted by atomic mass is 19.4. The molecule has 1 aliphatic rings. The fourth-order valence-electron chi connectivity index (χ4n) is 4.26. The van der Waals surface area contributed by atoms with Gasteiger partial charge in [-0.2, -0.15) is 5.10 Å². The van der Waals surface area contributed by atoms with Gasteiger partial charge in [-0.15, -0.1) is 13.2 Å². The van der Waals surface area contributed by atoms with Gasteiger partial charge in [-0.25, -0.2) is 4.98 Å². The van der Waals surface area contributed by atoms with Crippen LogP contribution in [0.15, 0.2) is 36.9 Å². The van der Waals surface area contributed by atoms with Gasteiger partial charge in [0, 0.05) is 19.6 Å². The van der Waals surface area contributed by atoms with E-state index in [0.717, 1.165) is 18.4 Å². The molecule has 1 saturated carbocycles. The molecule has 0 N–H and O–H groups in total. The van der Waals surface area contributed by atoms with E-state index in [9.17, 15) is 13.2 Å². The highest BCUT2D eigenvalue weighted by molar-refractivity contribution is 5.31. The highest BCUT2D eigenvalue weighted by Crippen LogP contribution is 2.48. The molecular weight excluding hydrogens is 359 g/mol. The number of rotatable bonds is 5. The van der Waals surface area contributed by atoms with Gasteiger partial charge in [-0.3, -0.25) is 4.68 Å². The van der Waals surface area contributed by atoms with Gasteiger partial charge in [-0.1, -0.05) is 26.0 Å². The first-order valence-electron chi connectivity index (χ1n) is 8.90. The van der Waals surface area contributed by atoms with Crippen LogP contribution in [0.1, 0.15) is 38.2 Å². The van der Waals surface area contributed by atoms with Crippen molar-refractivity contribution in [2.75, 3.05) is 7.11 Å². The number of halogens is 3. The fraction of sp³-hybridized carbons (Fsp3) is 0.579. The Morgan fingerprint density at radius 2 is 1.93 bits per heavy atom. The molecule has 0 aliphatic heterocycles. The van der Waals surface area contributed by atoms with Gasteiger partial charge < -0.3 is 9.47 Å². The van der Waals surface area contributed by atoms with Crippen molar-refractivity contribution in [1.29, 1.82) is 0 Å². The number of aromatic nitrogens is 3. The lowest BCUT2D eigenvalue weighted by Gasteiger charge is -2.47. The summed E-state index contributed by atoms with van der Waals surface area (Å²) < 4.78 is 48.8. The molecule has 2 aromatic rings. The first kappa shape index (κ1) is 19.7. The van der Waals surface area contributed by atoms with E-state index in [1.165, 1.54) is 18.5 Å². The summed E-state index contributed by atoms with van der Waals surface area (Å²) in [5.41, 5.74) is 0.975. The molecule has 0 radical (unpaired) electrons. The van der Waals surface area contributed by atoms with E-state index < -0.39 is 6.36 Å². The summed E-state index contributed by atoms with van der Waals surface area (Å²) in [7, 11) is 1.71. The van der Waals surface area contributed by atoms with Gasteiger partial charge >= 0.3 is 6.36 Å². The molecule has 1 aromatic carbocycles. The standard InChI is InChI=1S/C19H24F3N3O2/c1-18(2)9-8-15(13-4-6-14(7-5-13)27-19(20,21)22)16(17(18)26-3)10-25-12-23-11-24-25/h4-7,11-12,15-17H,8-10H2,1-3H3/t15-,16-,17+/m0/s1. The van der Waals surface area contributed by atoms with Crippen LogP contribution in [0.4, 0.5) is 13.2 Å². The SMILES string of the molecule is CO[C@@H]1[C@@H](Cn2cncn2)[C@H](c2ccc(OC(F)(F)F)cc2)CCC1(C)C. The number of benzene rings is 1. The molecular formula is C19H24F3N3O2. The van der Waals surface area contributed by atoms with E-state index in [0.29, 0.717) is 6.54 Å². The van der Waals surface area contributed by atoms with Crippen LogP contribution in [-0.2, 0) is 11.3 Å². The molecule has 8 heteroatoms. The van der Waals surface area contributed by atoms with E-state index in [-0.39, 0.29) is 29.1 Å². The predicted molar refractivity (Wildman–Crippen MR) is 93.2 cm³/mol. The Hall–Kier alpha value is -2.09. The third-order valence-corrected chi connectivity index (χ3v) is 5.44. The second kappa shape index (κ2) is 7.50. The molecule has 3 rings (SSSR count). The molecule has 148 valence electrons. The Morgan fingerprint density at radius 3 is 2.48 bits per heavy atom. The number of methoxy groups -OCH3 is 1. The molecule has 5 nitrogen and oxygen atoms in total. The van der Waals surface area contributed by atoms with Crippen molar-refractivity contribution in [3.63, 3.8) is 0 Å². The van der Waals surface area contributed by atoms with Crippen molar-refractivity contribution >= 4 is 0 Å². The summed E-state index contributed by atoms with van der Waals surface area (Å²) in [5.74, 6) is 0.0560. The van der Waals surface area contributed by atoms with Crippen LogP contribution in [0.2, 0.25) is 0 Å². The summed E-state index contributed by atoms with van der Waals surface area (Å²) >= 11 is 0. The molecule has 1 aromatic heterocycles. The molecule has 1 fully saturated rings. The molecule has 1 heterocycles. The van der Waals surface area contributed by atoms with Crippen molar-refractivity contribution in [2.24, 2.45) is 11.3 Å². The van der Waals surface area contributed by atoms with Crippen LogP contribution in [0, 0.1) is 11.3 Å². The maximum atomic E-state index is 12.4. The Kier molecular flexibility index (Phi) is 5.46. The quantitative estimate of drug-likeness (QED) is 0.767.